The van der Waals surface area contributed by atoms with Crippen molar-refractivity contribution >= 4 is 33.8 Å². The van der Waals surface area contributed by atoms with Gasteiger partial charge in [0.2, 0.25) is 5.91 Å². The van der Waals surface area contributed by atoms with Crippen LogP contribution in [-0.4, -0.2) is 29.4 Å². The van der Waals surface area contributed by atoms with Gasteiger partial charge in [0, 0.05) is 23.4 Å². The number of carbonyl (C=O) groups excluding carboxylic acids is 2. The average molecular weight is 382 g/mol. The monoisotopic (exact) mass is 382 g/mol. The topological polar surface area (TPSA) is 104 Å². The fourth-order valence-corrected chi connectivity index (χ4v) is 3.99. The number of hydrogen-bond donors (Lipinski definition) is 0. The summed E-state index contributed by atoms with van der Waals surface area (Å²) in [7, 11) is 0. The first-order chi connectivity index (χ1) is 13.3. The van der Waals surface area contributed by atoms with Crippen LogP contribution in [0.25, 0.3) is 21.9 Å². The minimum absolute atomic E-state index is 0.199. The maximum atomic E-state index is 12.7. The van der Waals surface area contributed by atoms with Crippen molar-refractivity contribution < 1.29 is 23.5 Å². The van der Waals surface area contributed by atoms with Crippen LogP contribution >= 0.6 is 0 Å². The third-order valence-electron chi connectivity index (χ3n) is 5.76. The van der Waals surface area contributed by atoms with E-state index in [4.69, 9.17) is 8.83 Å². The molecule has 7 heteroatoms. The van der Waals surface area contributed by atoms with Gasteiger partial charge < -0.3 is 23.6 Å². The van der Waals surface area contributed by atoms with Crippen molar-refractivity contribution in [2.24, 2.45) is 0 Å². The van der Waals surface area contributed by atoms with Gasteiger partial charge in [-0.15, -0.1) is 0 Å². The van der Waals surface area contributed by atoms with Gasteiger partial charge >= 0.3 is 5.63 Å². The molecule has 1 aliphatic heterocycles. The Balaban J connectivity index is 1.78. The molecule has 7 nitrogen and oxygen atoms in total. The Morgan fingerprint density at radius 1 is 1.11 bits per heavy atom. The summed E-state index contributed by atoms with van der Waals surface area (Å²) in [6, 6.07) is 2.66. The van der Waals surface area contributed by atoms with Crippen LogP contribution in [0.3, 0.4) is 0 Å². The lowest BCUT2D eigenvalue weighted by Gasteiger charge is -2.25. The van der Waals surface area contributed by atoms with Gasteiger partial charge in [-0.1, -0.05) is 0 Å². The first-order valence-electron chi connectivity index (χ1n) is 9.24. The van der Waals surface area contributed by atoms with Crippen molar-refractivity contribution in [3.63, 3.8) is 0 Å². The van der Waals surface area contributed by atoms with E-state index < -0.39 is 23.5 Å². The lowest BCUT2D eigenvalue weighted by molar-refractivity contribution is -0.310. The molecule has 1 amide bonds. The zero-order chi connectivity index (χ0) is 20.2. The van der Waals surface area contributed by atoms with Gasteiger partial charge in [0.05, 0.1) is 24.0 Å². The first-order valence-corrected chi connectivity index (χ1v) is 9.24. The molecule has 1 aromatic carbocycles. The van der Waals surface area contributed by atoms with E-state index in [0.717, 1.165) is 22.1 Å². The number of aliphatic carboxylic acids is 1. The number of rotatable bonds is 3. The van der Waals surface area contributed by atoms with Crippen LogP contribution < -0.4 is 10.7 Å². The number of fused-ring (bicyclic) bond motifs is 2. The molecule has 1 aliphatic rings. The first kappa shape index (κ1) is 18.3. The van der Waals surface area contributed by atoms with E-state index in [1.165, 1.54) is 4.90 Å². The molecule has 1 atom stereocenters. The summed E-state index contributed by atoms with van der Waals surface area (Å²) in [5, 5.41) is 12.9. The van der Waals surface area contributed by atoms with E-state index in [9.17, 15) is 19.5 Å². The summed E-state index contributed by atoms with van der Waals surface area (Å²) in [6.07, 6.45) is 0.776. The average Bonchev–Trinajstić information content (AvgIpc) is 3.23. The number of aryl methyl sites for hydroxylation is 3. The van der Waals surface area contributed by atoms with Crippen LogP contribution in [-0.2, 0) is 16.0 Å². The molecule has 0 bridgehead atoms. The molecule has 1 fully saturated rings. The minimum atomic E-state index is -1.26. The van der Waals surface area contributed by atoms with Gasteiger partial charge in [-0.2, -0.15) is 0 Å². The van der Waals surface area contributed by atoms with E-state index >= 15 is 0 Å². The molecule has 0 N–H and O–H groups in total. The van der Waals surface area contributed by atoms with Gasteiger partial charge in [0.15, 0.2) is 0 Å². The normalized spacial score (nSPS) is 17.0. The Labute approximate surface area is 160 Å². The summed E-state index contributed by atoms with van der Waals surface area (Å²) >= 11 is 0. The molecule has 0 radical (unpaired) electrons. The van der Waals surface area contributed by atoms with Gasteiger partial charge in [-0.3, -0.25) is 4.79 Å². The summed E-state index contributed by atoms with van der Waals surface area (Å²) in [4.78, 5) is 37.7. The Bertz CT molecular complexity index is 1190. The van der Waals surface area contributed by atoms with Crippen LogP contribution in [0.5, 0.6) is 0 Å². The second-order valence-corrected chi connectivity index (χ2v) is 7.36. The zero-order valence-corrected chi connectivity index (χ0v) is 16.0. The van der Waals surface area contributed by atoms with Crippen molar-refractivity contribution in [2.75, 3.05) is 6.54 Å². The lowest BCUT2D eigenvalue weighted by atomic mass is 10.0. The maximum Gasteiger partial charge on any atom is 0.340 e. The molecule has 3 aromatic rings. The maximum absolute atomic E-state index is 12.7. The number of likely N-dealkylation sites (tertiary alicyclic amines) is 1. The second kappa shape index (κ2) is 6.51. The number of benzene rings is 1. The number of furan rings is 1. The molecular weight excluding hydrogens is 362 g/mol. The summed E-state index contributed by atoms with van der Waals surface area (Å²) < 4.78 is 11.2. The lowest BCUT2D eigenvalue weighted by Crippen LogP contribution is -2.47. The number of amides is 1. The third-order valence-corrected chi connectivity index (χ3v) is 5.76. The number of carboxylic acids is 1. The van der Waals surface area contributed by atoms with Crippen LogP contribution in [0, 0.1) is 20.8 Å². The van der Waals surface area contributed by atoms with Crippen LogP contribution in [0.15, 0.2) is 25.8 Å². The molecule has 0 unspecified atom stereocenters. The van der Waals surface area contributed by atoms with Gasteiger partial charge in [0.1, 0.15) is 16.9 Å². The fraction of sp³-hybridized carbons (Fsp3) is 0.381. The standard InChI is InChI=1S/C21H21NO6/c1-10-12(3)27-17-9-18-14(7-13(10)17)11(2)15(21(26)28-18)8-19(23)22-6-4-5-16(22)20(24)25/h7,9,16H,4-6,8H2,1-3H3,(H,24,25)/p-1/t16-/m1/s1. The molecule has 28 heavy (non-hydrogen) atoms. The van der Waals surface area contributed by atoms with E-state index in [2.05, 4.69) is 0 Å². The van der Waals surface area contributed by atoms with E-state index in [-0.39, 0.29) is 12.0 Å². The van der Waals surface area contributed by atoms with Crippen molar-refractivity contribution in [1.82, 2.24) is 4.90 Å². The molecule has 0 saturated carbocycles. The van der Waals surface area contributed by atoms with E-state index in [1.807, 2.05) is 19.9 Å². The highest BCUT2D eigenvalue weighted by atomic mass is 16.4. The van der Waals surface area contributed by atoms with Crippen molar-refractivity contribution in [2.45, 2.75) is 46.1 Å². The zero-order valence-electron chi connectivity index (χ0n) is 16.0. The minimum Gasteiger partial charge on any atom is -0.548 e. The highest BCUT2D eigenvalue weighted by molar-refractivity contribution is 5.97. The van der Waals surface area contributed by atoms with Crippen LogP contribution in [0.4, 0.5) is 0 Å². The molecule has 3 heterocycles. The second-order valence-electron chi connectivity index (χ2n) is 7.36. The summed E-state index contributed by atoms with van der Waals surface area (Å²) in [5.41, 5.74) is 2.36. The number of carbonyl (C=O) groups is 2. The van der Waals surface area contributed by atoms with Crippen molar-refractivity contribution in [3.05, 3.63) is 45.0 Å². The quantitative estimate of drug-likeness (QED) is 0.639. The molecule has 1 saturated heterocycles. The fourth-order valence-electron chi connectivity index (χ4n) is 3.99. The van der Waals surface area contributed by atoms with E-state index in [1.54, 1.807) is 13.0 Å². The van der Waals surface area contributed by atoms with Gasteiger partial charge in [-0.25, -0.2) is 4.79 Å². The third kappa shape index (κ3) is 2.78. The highest BCUT2D eigenvalue weighted by Gasteiger charge is 2.30. The van der Waals surface area contributed by atoms with Gasteiger partial charge in [-0.05, 0) is 50.8 Å². The summed E-state index contributed by atoms with van der Waals surface area (Å²) in [6.45, 7) is 5.95. The molecule has 146 valence electrons. The largest absolute Gasteiger partial charge is 0.548 e. The smallest absolute Gasteiger partial charge is 0.340 e. The van der Waals surface area contributed by atoms with Crippen LogP contribution in [0.1, 0.15) is 35.3 Å². The van der Waals surface area contributed by atoms with E-state index in [0.29, 0.717) is 36.1 Å². The molecule has 2 aromatic heterocycles. The van der Waals surface area contributed by atoms with Crippen molar-refractivity contribution in [3.8, 4) is 0 Å². The summed E-state index contributed by atoms with van der Waals surface area (Å²) in [5.74, 6) is -0.873. The Kier molecular flexibility index (Phi) is 4.25. The number of nitrogens with zero attached hydrogens (tertiary/aromatic N) is 1. The highest BCUT2D eigenvalue weighted by Crippen LogP contribution is 2.31. The Morgan fingerprint density at radius 2 is 1.79 bits per heavy atom. The molecular formula is C21H20NO6-. The molecule has 4 rings (SSSR count). The number of carboxylic acid groups (broad SMARTS) is 1. The molecule has 0 aliphatic carbocycles. The SMILES string of the molecule is Cc1oc2cc3oc(=O)c(CC(=O)N4CCC[C@@H]4C(=O)[O-])c(C)c3cc2c1C. The number of hydrogen-bond acceptors (Lipinski definition) is 6. The predicted molar refractivity (Wildman–Crippen MR) is 99.9 cm³/mol. The Morgan fingerprint density at radius 3 is 2.50 bits per heavy atom. The van der Waals surface area contributed by atoms with Gasteiger partial charge in [0.25, 0.3) is 0 Å². The predicted octanol–water partition coefficient (Wildman–Crippen LogP) is 1.75. The van der Waals surface area contributed by atoms with Crippen molar-refractivity contribution in [1.29, 1.82) is 0 Å². The van der Waals surface area contributed by atoms with Crippen LogP contribution in [0.2, 0.25) is 0 Å². The Hall–Kier alpha value is -3.09. The molecule has 0 spiro atoms.